The van der Waals surface area contributed by atoms with Gasteiger partial charge in [0.05, 0.1) is 0 Å². The second kappa shape index (κ2) is 2.11. The first-order valence-electron chi connectivity index (χ1n) is 2.75. The van der Waals surface area contributed by atoms with Gasteiger partial charge in [0, 0.05) is 10.5 Å². The minimum absolute atomic E-state index is 0.278. The van der Waals surface area contributed by atoms with Crippen molar-refractivity contribution in [3.63, 3.8) is 0 Å². The fraction of sp³-hybridized carbons (Fsp3) is 0.250. The van der Waals surface area contributed by atoms with Crippen LogP contribution in [0, 0.1) is 0 Å². The Morgan fingerprint density at radius 1 is 1.55 bits per heavy atom. The first-order valence-corrected chi connectivity index (χ1v) is 2.75. The molecule has 1 unspecified atom stereocenters. The lowest BCUT2D eigenvalue weighted by molar-refractivity contribution is -0.124. The molecule has 11 heavy (non-hydrogen) atoms. The van der Waals surface area contributed by atoms with Crippen molar-refractivity contribution >= 4 is 5.91 Å². The van der Waals surface area contributed by atoms with Gasteiger partial charge >= 0.3 is 5.91 Å². The third-order valence-corrected chi connectivity index (χ3v) is 1.16. The largest absolute Gasteiger partial charge is 0.359 e. The van der Waals surface area contributed by atoms with Crippen LogP contribution in [0.3, 0.4) is 0 Å². The van der Waals surface area contributed by atoms with Crippen molar-refractivity contribution in [1.82, 2.24) is 10.4 Å². The monoisotopic (exact) mass is 154 g/mol. The van der Waals surface area contributed by atoms with Crippen LogP contribution >= 0.6 is 0 Å². The lowest BCUT2D eigenvalue weighted by atomic mass is 10.3. The number of carbonyl (C=O) groups excluding carboxylic acids is 1. The summed E-state index contributed by atoms with van der Waals surface area (Å²) >= 11 is 0. The molecule has 56 valence electrons. The molecule has 0 saturated heterocycles. The zero-order valence-corrected chi connectivity index (χ0v) is 5.17. The molecule has 0 bridgehead atoms. The Hall–Kier alpha value is -1.79. The molecule has 0 aromatic carbocycles. The van der Waals surface area contributed by atoms with Crippen molar-refractivity contribution < 1.29 is 14.2 Å². The predicted octanol–water partition coefficient (Wildman–Crippen LogP) is 0.0347. The normalized spacial score (nSPS) is 22.2. The van der Waals surface area contributed by atoms with Gasteiger partial charge in [-0.3, -0.25) is 4.79 Å². The summed E-state index contributed by atoms with van der Waals surface area (Å²) in [5.74, 6) is -0.499. The topological polar surface area (TPSA) is 89.9 Å². The van der Waals surface area contributed by atoms with Gasteiger partial charge < -0.3 is 9.36 Å². The Balaban J connectivity index is 2.26. The molecule has 0 spiro atoms. The fourth-order valence-electron chi connectivity index (χ4n) is 0.675. The molecule has 7 heteroatoms. The van der Waals surface area contributed by atoms with Gasteiger partial charge in [-0.2, -0.15) is 0 Å². The van der Waals surface area contributed by atoms with E-state index in [4.69, 9.17) is 0 Å². The van der Waals surface area contributed by atoms with Crippen molar-refractivity contribution in [3.05, 3.63) is 12.0 Å². The highest BCUT2D eigenvalue weighted by Gasteiger charge is 2.30. The van der Waals surface area contributed by atoms with E-state index in [0.29, 0.717) is 0 Å². The van der Waals surface area contributed by atoms with Gasteiger partial charge in [0.15, 0.2) is 12.0 Å². The minimum Gasteiger partial charge on any atom is -0.359 e. The highest BCUT2D eigenvalue weighted by Crippen LogP contribution is 2.21. The van der Waals surface area contributed by atoms with E-state index in [2.05, 4.69) is 30.1 Å². The summed E-state index contributed by atoms with van der Waals surface area (Å²) in [6.45, 7) is 0. The number of aromatic nitrogens is 2. The summed E-state index contributed by atoms with van der Waals surface area (Å²) in [6.07, 6.45) is 0.333. The van der Waals surface area contributed by atoms with Crippen LogP contribution in [0.4, 0.5) is 0 Å². The Morgan fingerprint density at radius 2 is 2.45 bits per heavy atom. The Kier molecular flexibility index (Phi) is 1.14. The van der Waals surface area contributed by atoms with E-state index in [1.165, 1.54) is 6.26 Å². The fourth-order valence-corrected chi connectivity index (χ4v) is 0.675. The van der Waals surface area contributed by atoms with Crippen LogP contribution in [-0.2, 0) is 9.63 Å². The van der Waals surface area contributed by atoms with Gasteiger partial charge in [-0.15, -0.1) is 5.10 Å². The highest BCUT2D eigenvalue weighted by atomic mass is 16.7. The van der Waals surface area contributed by atoms with E-state index < -0.39 is 12.0 Å². The van der Waals surface area contributed by atoms with Crippen LogP contribution in [-0.4, -0.2) is 16.3 Å². The molecule has 0 N–H and O–H groups in total. The summed E-state index contributed by atoms with van der Waals surface area (Å²) in [6, 6.07) is 0. The highest BCUT2D eigenvalue weighted by molar-refractivity contribution is 5.82. The van der Waals surface area contributed by atoms with Crippen molar-refractivity contribution in [2.45, 2.75) is 6.10 Å². The number of hydrogen-bond acceptors (Lipinski definition) is 6. The lowest BCUT2D eigenvalue weighted by Gasteiger charge is -1.95. The van der Waals surface area contributed by atoms with E-state index in [0.717, 1.165) is 0 Å². The zero-order valence-electron chi connectivity index (χ0n) is 5.17. The smallest absolute Gasteiger partial charge is 0.317 e. The van der Waals surface area contributed by atoms with Crippen LogP contribution in [0.1, 0.15) is 11.8 Å². The van der Waals surface area contributed by atoms with Gasteiger partial charge in [0.2, 0.25) is 0 Å². The van der Waals surface area contributed by atoms with Gasteiger partial charge in [0.25, 0.3) is 6.10 Å². The summed E-state index contributed by atoms with van der Waals surface area (Å²) in [4.78, 5) is 15.3. The van der Waals surface area contributed by atoms with E-state index in [9.17, 15) is 4.79 Å². The second-order valence-electron chi connectivity index (χ2n) is 1.84. The van der Waals surface area contributed by atoms with Crippen molar-refractivity contribution in [2.24, 2.45) is 10.4 Å². The predicted molar refractivity (Wildman–Crippen MR) is 28.0 cm³/mol. The number of rotatable bonds is 1. The van der Waals surface area contributed by atoms with Crippen LogP contribution < -0.4 is 0 Å². The van der Waals surface area contributed by atoms with Gasteiger partial charge in [-0.05, 0) is 0 Å². The molecule has 0 saturated carbocycles. The summed E-state index contributed by atoms with van der Waals surface area (Å²) < 4.78 is 4.40. The summed E-state index contributed by atoms with van der Waals surface area (Å²) in [7, 11) is 0. The standard InChI is InChI=1S/C4H2N4O3/c9-4-3(11-8-6-4)2-1-10-7-5-2/h1,3H. The van der Waals surface area contributed by atoms with E-state index in [-0.39, 0.29) is 5.69 Å². The van der Waals surface area contributed by atoms with Crippen LogP contribution in [0.25, 0.3) is 0 Å². The molecule has 1 aliphatic heterocycles. The van der Waals surface area contributed by atoms with Crippen molar-refractivity contribution in [3.8, 4) is 0 Å². The Morgan fingerprint density at radius 3 is 3.00 bits per heavy atom. The second-order valence-corrected chi connectivity index (χ2v) is 1.84. The van der Waals surface area contributed by atoms with Crippen molar-refractivity contribution in [1.29, 1.82) is 0 Å². The molecule has 7 nitrogen and oxygen atoms in total. The molecular formula is C4H2N4O3. The average Bonchev–Trinajstić information content (AvgIpc) is 2.55. The van der Waals surface area contributed by atoms with E-state index >= 15 is 0 Å². The quantitative estimate of drug-likeness (QED) is 0.569. The first-order chi connectivity index (χ1) is 5.38. The van der Waals surface area contributed by atoms with Crippen LogP contribution in [0.5, 0.6) is 0 Å². The van der Waals surface area contributed by atoms with Crippen molar-refractivity contribution in [2.75, 3.05) is 0 Å². The molecule has 1 aromatic heterocycles. The molecule has 1 atom stereocenters. The SMILES string of the molecule is O=C1N=NOC1c1conn1. The van der Waals surface area contributed by atoms with Gasteiger partial charge in [-0.25, -0.2) is 0 Å². The van der Waals surface area contributed by atoms with E-state index in [1.54, 1.807) is 0 Å². The maximum Gasteiger partial charge on any atom is 0.317 e. The molecule has 0 aliphatic carbocycles. The number of carbonyl (C=O) groups is 1. The molecule has 2 rings (SSSR count). The average molecular weight is 154 g/mol. The Bertz CT molecular complexity index is 292. The first kappa shape index (κ1) is 5.96. The van der Waals surface area contributed by atoms with Crippen LogP contribution in [0.15, 0.2) is 21.2 Å². The van der Waals surface area contributed by atoms with E-state index in [1.807, 2.05) is 0 Å². The maximum absolute atomic E-state index is 10.8. The van der Waals surface area contributed by atoms with Gasteiger partial charge in [-0.1, -0.05) is 5.11 Å². The third kappa shape index (κ3) is 0.858. The molecule has 2 heterocycles. The van der Waals surface area contributed by atoms with Gasteiger partial charge in [0.1, 0.15) is 0 Å². The number of hydrogen-bond donors (Lipinski definition) is 0. The molecule has 0 fully saturated rings. The maximum atomic E-state index is 10.8. The molecule has 1 aromatic rings. The molecule has 1 amide bonds. The zero-order chi connectivity index (χ0) is 7.68. The third-order valence-electron chi connectivity index (χ3n) is 1.16. The molecular weight excluding hydrogens is 152 g/mol. The summed E-state index contributed by atoms with van der Waals surface area (Å²) in [5.41, 5.74) is 0.278. The Labute approximate surface area is 60.0 Å². The summed E-state index contributed by atoms with van der Waals surface area (Å²) in [5, 5.41) is 12.8. The lowest BCUT2D eigenvalue weighted by Crippen LogP contribution is -2.06. The minimum atomic E-state index is -0.874. The number of amides is 1. The number of nitrogens with zero attached hydrogens (tertiary/aromatic N) is 4. The molecule has 1 aliphatic rings. The van der Waals surface area contributed by atoms with Crippen LogP contribution in [0.2, 0.25) is 0 Å². The molecule has 0 radical (unpaired) electrons.